The molecule has 6 aromatic heterocycles. The van der Waals surface area contributed by atoms with Gasteiger partial charge in [0.1, 0.15) is 0 Å². The molecule has 0 N–H and O–H groups in total. The summed E-state index contributed by atoms with van der Waals surface area (Å²) in [5.74, 6) is 0. The van der Waals surface area contributed by atoms with E-state index in [9.17, 15) is 0 Å². The van der Waals surface area contributed by atoms with Crippen LogP contribution in [0.2, 0.25) is 0 Å². The molecule has 0 aliphatic heterocycles. The Morgan fingerprint density at radius 3 is 0.810 bits per heavy atom. The Balaban J connectivity index is 0.000000137. The van der Waals surface area contributed by atoms with Crippen LogP contribution in [0.1, 0.15) is 0 Å². The van der Waals surface area contributed by atoms with Gasteiger partial charge in [-0.1, -0.05) is 334 Å². The number of hydrogen-bond donors (Lipinski definition) is 0. The fraction of sp³-hybridized carbons (Fsp3) is 0. The van der Waals surface area contributed by atoms with E-state index < -0.39 is 0 Å². The Labute approximate surface area is 727 Å². The fourth-order valence-electron chi connectivity index (χ4n) is 20.5. The van der Waals surface area contributed by atoms with Gasteiger partial charge in [-0.3, -0.25) is 0 Å². The highest BCUT2D eigenvalue weighted by atomic mass is 15.0. The number of rotatable bonds is 12. The lowest BCUT2D eigenvalue weighted by Gasteiger charge is -2.14. The summed E-state index contributed by atoms with van der Waals surface area (Å²) in [6.45, 7) is 0. The lowest BCUT2D eigenvalue weighted by Crippen LogP contribution is -1.97. The van der Waals surface area contributed by atoms with Crippen LogP contribution in [0.15, 0.2) is 473 Å². The molecule has 6 nitrogen and oxygen atoms in total. The highest BCUT2D eigenvalue weighted by molar-refractivity contribution is 6.31. The number of hydrogen-bond acceptors (Lipinski definition) is 0. The van der Waals surface area contributed by atoms with Gasteiger partial charge >= 0.3 is 0 Å². The van der Waals surface area contributed by atoms with Crippen LogP contribution in [0.5, 0.6) is 0 Å². The highest BCUT2D eigenvalue weighted by Gasteiger charge is 2.28. The average molecular weight is 1600 g/mol. The SMILES string of the molecule is c1ccc(-c2ccc(-n3c4ccccc4c4ccc(-c5ccc(-c6cc7c8ccccc8n(-c8ccccc8)c7c7c8ccccc8n(-c8ccccc8)c67)cc5)cc43)cc2)cc1.c1ccc(-c2cccc(-n3c4ccccc4c4cc(-c5ccc(-c6cc7c8ccccc8n(-c8ccccc8)c7c7c8ccccc8n(-c8ccccc8)c67)cc5)ccc43)c2)cc1. The van der Waals surface area contributed by atoms with E-state index in [1.807, 2.05) is 0 Å². The highest BCUT2D eigenvalue weighted by Crippen LogP contribution is 2.50. The third-order valence-electron chi connectivity index (χ3n) is 26.0. The van der Waals surface area contributed by atoms with E-state index in [0.29, 0.717) is 0 Å². The van der Waals surface area contributed by atoms with Crippen LogP contribution in [0, 0.1) is 0 Å². The van der Waals surface area contributed by atoms with Gasteiger partial charge in [0.25, 0.3) is 0 Å². The number of aromatic nitrogens is 6. The van der Waals surface area contributed by atoms with Gasteiger partial charge in [0.2, 0.25) is 0 Å². The molecule has 588 valence electrons. The zero-order valence-electron chi connectivity index (χ0n) is 68.7. The summed E-state index contributed by atoms with van der Waals surface area (Å²) in [6.07, 6.45) is 0. The first kappa shape index (κ1) is 72.1. The zero-order chi connectivity index (χ0) is 82.9. The van der Waals surface area contributed by atoms with Gasteiger partial charge in [-0.25, -0.2) is 0 Å². The van der Waals surface area contributed by atoms with Gasteiger partial charge in [-0.15, -0.1) is 0 Å². The normalized spacial score (nSPS) is 11.8. The largest absolute Gasteiger partial charge is 0.309 e. The molecule has 6 heterocycles. The molecule has 126 heavy (non-hydrogen) atoms. The van der Waals surface area contributed by atoms with Gasteiger partial charge in [-0.05, 0) is 195 Å². The van der Waals surface area contributed by atoms with Crippen molar-refractivity contribution in [3.05, 3.63) is 473 Å². The topological polar surface area (TPSA) is 29.6 Å². The summed E-state index contributed by atoms with van der Waals surface area (Å²) >= 11 is 0. The minimum Gasteiger partial charge on any atom is -0.309 e. The van der Waals surface area contributed by atoms with Crippen LogP contribution in [0.25, 0.3) is 232 Å². The predicted molar refractivity (Wildman–Crippen MR) is 532 cm³/mol. The molecule has 0 saturated heterocycles. The summed E-state index contributed by atoms with van der Waals surface area (Å²) < 4.78 is 14.7. The van der Waals surface area contributed by atoms with Crippen molar-refractivity contribution in [2.75, 3.05) is 0 Å². The van der Waals surface area contributed by atoms with Gasteiger partial charge in [0.15, 0.2) is 0 Å². The van der Waals surface area contributed by atoms with E-state index in [0.717, 1.165) is 34.1 Å². The van der Waals surface area contributed by atoms with E-state index in [1.54, 1.807) is 0 Å². The van der Waals surface area contributed by atoms with Crippen molar-refractivity contribution in [1.82, 2.24) is 27.4 Å². The Bertz CT molecular complexity index is 8750. The number of benzene rings is 20. The molecule has 6 heteroatoms. The second-order valence-corrected chi connectivity index (χ2v) is 33.0. The molecule has 0 aliphatic carbocycles. The third kappa shape index (κ3) is 11.6. The molecule has 26 rings (SSSR count). The maximum atomic E-state index is 2.47. The average Bonchev–Trinajstić information content (AvgIpc) is 1.54. The molecule has 0 spiro atoms. The predicted octanol–water partition coefficient (Wildman–Crippen LogP) is 32.0. The van der Waals surface area contributed by atoms with Crippen LogP contribution in [0.4, 0.5) is 0 Å². The van der Waals surface area contributed by atoms with Crippen LogP contribution < -0.4 is 0 Å². The van der Waals surface area contributed by atoms with E-state index in [-0.39, 0.29) is 0 Å². The lowest BCUT2D eigenvalue weighted by atomic mass is 9.95. The number of nitrogens with zero attached hydrogens (tertiary/aromatic N) is 6. The quantitative estimate of drug-likeness (QED) is 0.117. The monoisotopic (exact) mass is 1600 g/mol. The summed E-state index contributed by atoms with van der Waals surface area (Å²) in [5, 5.41) is 14.9. The summed E-state index contributed by atoms with van der Waals surface area (Å²) in [4.78, 5) is 0. The molecule has 0 atom stereocenters. The maximum Gasteiger partial charge on any atom is 0.0641 e. The van der Waals surface area contributed by atoms with Crippen molar-refractivity contribution >= 4 is 131 Å². The molecular weight excluding hydrogens is 1530 g/mol. The first-order valence-electron chi connectivity index (χ1n) is 43.4. The van der Waals surface area contributed by atoms with Crippen molar-refractivity contribution in [3.63, 3.8) is 0 Å². The zero-order valence-corrected chi connectivity index (χ0v) is 68.7. The molecule has 0 saturated carbocycles. The molecule has 20 aromatic carbocycles. The molecule has 0 amide bonds. The van der Waals surface area contributed by atoms with E-state index in [4.69, 9.17) is 0 Å². The molecule has 0 unspecified atom stereocenters. The summed E-state index contributed by atoms with van der Waals surface area (Å²) in [5.41, 5.74) is 35.7. The van der Waals surface area contributed by atoms with Gasteiger partial charge in [-0.2, -0.15) is 0 Å². The van der Waals surface area contributed by atoms with Gasteiger partial charge in [0.05, 0.1) is 66.2 Å². The van der Waals surface area contributed by atoms with Crippen LogP contribution in [0.3, 0.4) is 0 Å². The Kier molecular flexibility index (Phi) is 16.9. The van der Waals surface area contributed by atoms with Crippen LogP contribution in [-0.4, -0.2) is 27.4 Å². The van der Waals surface area contributed by atoms with Crippen LogP contribution >= 0.6 is 0 Å². The molecule has 0 bridgehead atoms. The first-order chi connectivity index (χ1) is 62.6. The summed E-state index contributed by atoms with van der Waals surface area (Å²) in [6, 6.07) is 173. The summed E-state index contributed by atoms with van der Waals surface area (Å²) in [7, 11) is 0. The third-order valence-corrected chi connectivity index (χ3v) is 26.0. The Morgan fingerprint density at radius 1 is 0.111 bits per heavy atom. The van der Waals surface area contributed by atoms with Crippen LogP contribution in [-0.2, 0) is 0 Å². The first-order valence-corrected chi connectivity index (χ1v) is 43.4. The molecule has 26 aromatic rings. The standard InChI is InChI=1S/2C60H39N3/c1-4-17-40(18-5-1)43-19-16-24-47(37-43)61-54-28-13-10-25-48(54)52-38-44(35-36-57(52)61)41-31-33-42(34-32-41)51-39-53-49-26-11-14-29-55(49)62(45-20-6-2-7-21-45)60(53)58-50-27-12-15-30-56(50)63(59(51)58)46-22-8-3-9-23-46;1-4-16-40(17-5-1)41-32-35-47(36-33-41)61-54-25-13-10-22-48(54)50-37-34-44(38-57(50)61)42-28-30-43(31-29-42)52-39-53-49-23-11-14-26-55(49)62(45-18-6-2-7-19-45)60(53)58-51-24-12-15-27-56(51)63(59(52)58)46-20-8-3-9-21-46/h2*1-39H. The lowest BCUT2D eigenvalue weighted by molar-refractivity contribution is 1.17. The van der Waals surface area contributed by atoms with E-state index in [1.165, 1.54) is 198 Å². The number of para-hydroxylation sites is 10. The second-order valence-electron chi connectivity index (χ2n) is 33.0. The van der Waals surface area contributed by atoms with Gasteiger partial charge < -0.3 is 27.4 Å². The van der Waals surface area contributed by atoms with Crippen molar-refractivity contribution in [1.29, 1.82) is 0 Å². The van der Waals surface area contributed by atoms with Crippen molar-refractivity contribution in [2.24, 2.45) is 0 Å². The van der Waals surface area contributed by atoms with Crippen molar-refractivity contribution in [2.45, 2.75) is 0 Å². The van der Waals surface area contributed by atoms with Crippen molar-refractivity contribution in [3.8, 4) is 101 Å². The molecular formula is C120H78N6. The van der Waals surface area contributed by atoms with E-state index in [2.05, 4.69) is 501 Å². The second kappa shape index (κ2) is 29.5. The Hall–Kier alpha value is -16.8. The molecule has 0 fully saturated rings. The molecule has 0 radical (unpaired) electrons. The van der Waals surface area contributed by atoms with Crippen molar-refractivity contribution < 1.29 is 0 Å². The smallest absolute Gasteiger partial charge is 0.0641 e. The maximum absolute atomic E-state index is 2.47. The minimum atomic E-state index is 1.14. The van der Waals surface area contributed by atoms with Gasteiger partial charge in [0, 0.05) is 110 Å². The minimum absolute atomic E-state index is 1.14. The Morgan fingerprint density at radius 2 is 0.365 bits per heavy atom. The molecule has 0 aliphatic rings. The fourth-order valence-corrected chi connectivity index (χ4v) is 20.5. The number of fused-ring (bicyclic) bond motifs is 20. The van der Waals surface area contributed by atoms with E-state index >= 15 is 0 Å².